The molecule has 1 N–H and O–H groups in total. The lowest BCUT2D eigenvalue weighted by molar-refractivity contribution is 0.555. The maximum absolute atomic E-state index is 4.53. The molecule has 0 aliphatic heterocycles. The lowest BCUT2D eigenvalue weighted by Gasteiger charge is -2.26. The van der Waals surface area contributed by atoms with E-state index in [9.17, 15) is 0 Å². The summed E-state index contributed by atoms with van der Waals surface area (Å²) in [5, 5.41) is 3.45. The van der Waals surface area contributed by atoms with Crippen LogP contribution in [0.2, 0.25) is 0 Å². The minimum Gasteiger partial charge on any atom is -0.369 e. The van der Waals surface area contributed by atoms with Gasteiger partial charge in [-0.3, -0.25) is 0 Å². The van der Waals surface area contributed by atoms with Gasteiger partial charge in [0.25, 0.3) is 0 Å². The number of hydrogen-bond acceptors (Lipinski definition) is 2. The zero-order chi connectivity index (χ0) is 15.5. The second-order valence-electron chi connectivity index (χ2n) is 7.29. The van der Waals surface area contributed by atoms with E-state index in [2.05, 4.69) is 87.4 Å². The Hall–Kier alpha value is -1.83. The lowest BCUT2D eigenvalue weighted by atomic mass is 9.84. The van der Waals surface area contributed by atoms with Crippen molar-refractivity contribution in [2.45, 2.75) is 45.4 Å². The molecular formula is C19H26N2. The van der Waals surface area contributed by atoms with Crippen LogP contribution in [0.3, 0.4) is 0 Å². The van der Waals surface area contributed by atoms with Gasteiger partial charge in [0.2, 0.25) is 0 Å². The Balaban J connectivity index is 2.03. The predicted octanol–water partition coefficient (Wildman–Crippen LogP) is 4.77. The summed E-state index contributed by atoms with van der Waals surface area (Å²) in [5.74, 6) is 0.937. The smallest absolute Gasteiger partial charge is 0.125 e. The fourth-order valence-electron chi connectivity index (χ4n) is 2.25. The monoisotopic (exact) mass is 282 g/mol. The van der Waals surface area contributed by atoms with E-state index in [4.69, 9.17) is 0 Å². The molecule has 2 aromatic rings. The standard InChI is InChI=1S/C19H26N2/c1-18(2,3)16-11-12-17(20-13-16)21-14-19(4,5)15-9-7-6-8-10-15/h6-13H,14H2,1-5H3,(H,20,21). The molecule has 0 fully saturated rings. The van der Waals surface area contributed by atoms with Crippen molar-refractivity contribution < 1.29 is 0 Å². The van der Waals surface area contributed by atoms with Crippen LogP contribution in [0.5, 0.6) is 0 Å². The summed E-state index contributed by atoms with van der Waals surface area (Å²) < 4.78 is 0. The fraction of sp³-hybridized carbons (Fsp3) is 0.421. The van der Waals surface area contributed by atoms with Gasteiger partial charge in [-0.2, -0.15) is 0 Å². The van der Waals surface area contributed by atoms with Crippen molar-refractivity contribution in [3.63, 3.8) is 0 Å². The van der Waals surface area contributed by atoms with Crippen molar-refractivity contribution in [1.29, 1.82) is 0 Å². The molecule has 0 radical (unpaired) electrons. The molecule has 0 amide bonds. The predicted molar refractivity (Wildman–Crippen MR) is 90.9 cm³/mol. The average molecular weight is 282 g/mol. The topological polar surface area (TPSA) is 24.9 Å². The van der Waals surface area contributed by atoms with Crippen molar-refractivity contribution in [2.75, 3.05) is 11.9 Å². The Bertz CT molecular complexity index is 563. The number of benzene rings is 1. The van der Waals surface area contributed by atoms with Gasteiger partial charge in [0.1, 0.15) is 5.82 Å². The zero-order valence-electron chi connectivity index (χ0n) is 13.8. The molecule has 1 aromatic carbocycles. The third-order valence-electron chi connectivity index (χ3n) is 3.90. The van der Waals surface area contributed by atoms with Crippen molar-refractivity contribution in [3.8, 4) is 0 Å². The second-order valence-corrected chi connectivity index (χ2v) is 7.29. The molecule has 1 heterocycles. The lowest BCUT2D eigenvalue weighted by Crippen LogP contribution is -2.27. The van der Waals surface area contributed by atoms with Crippen LogP contribution in [-0.2, 0) is 10.8 Å². The van der Waals surface area contributed by atoms with Gasteiger partial charge < -0.3 is 5.32 Å². The maximum atomic E-state index is 4.53. The van der Waals surface area contributed by atoms with Gasteiger partial charge in [-0.05, 0) is 22.6 Å². The summed E-state index contributed by atoms with van der Waals surface area (Å²) in [6.07, 6.45) is 1.97. The van der Waals surface area contributed by atoms with Gasteiger partial charge >= 0.3 is 0 Å². The first-order chi connectivity index (χ1) is 9.79. The van der Waals surface area contributed by atoms with Gasteiger partial charge in [0.15, 0.2) is 0 Å². The number of anilines is 1. The van der Waals surface area contributed by atoms with Crippen LogP contribution in [-0.4, -0.2) is 11.5 Å². The molecule has 0 aliphatic carbocycles. The van der Waals surface area contributed by atoms with Crippen LogP contribution in [0.4, 0.5) is 5.82 Å². The summed E-state index contributed by atoms with van der Waals surface area (Å²) in [7, 11) is 0. The SMILES string of the molecule is CC(C)(C)c1ccc(NCC(C)(C)c2ccccc2)nc1. The van der Waals surface area contributed by atoms with Gasteiger partial charge in [-0.1, -0.05) is 71.0 Å². The Morgan fingerprint density at radius 2 is 1.52 bits per heavy atom. The first kappa shape index (κ1) is 15.6. The Labute approximate surface area is 128 Å². The van der Waals surface area contributed by atoms with Gasteiger partial charge in [-0.15, -0.1) is 0 Å². The van der Waals surface area contributed by atoms with Gasteiger partial charge in [0, 0.05) is 18.2 Å². The third-order valence-corrected chi connectivity index (χ3v) is 3.90. The van der Waals surface area contributed by atoms with E-state index >= 15 is 0 Å². The second kappa shape index (κ2) is 5.88. The Morgan fingerprint density at radius 1 is 0.857 bits per heavy atom. The molecule has 112 valence electrons. The normalized spacial score (nSPS) is 12.2. The first-order valence-corrected chi connectivity index (χ1v) is 7.55. The minimum absolute atomic E-state index is 0.0750. The quantitative estimate of drug-likeness (QED) is 0.873. The molecule has 1 aromatic heterocycles. The van der Waals surface area contributed by atoms with E-state index in [1.54, 1.807) is 0 Å². The maximum Gasteiger partial charge on any atom is 0.125 e. The molecule has 0 atom stereocenters. The van der Waals surface area contributed by atoms with E-state index in [0.717, 1.165) is 12.4 Å². The minimum atomic E-state index is 0.0750. The first-order valence-electron chi connectivity index (χ1n) is 7.55. The molecule has 0 spiro atoms. The van der Waals surface area contributed by atoms with Crippen molar-refractivity contribution in [2.24, 2.45) is 0 Å². The van der Waals surface area contributed by atoms with E-state index in [0.29, 0.717) is 0 Å². The largest absolute Gasteiger partial charge is 0.369 e. The number of hydrogen-bond donors (Lipinski definition) is 1. The number of nitrogens with zero attached hydrogens (tertiary/aromatic N) is 1. The van der Waals surface area contributed by atoms with Crippen LogP contribution in [0.25, 0.3) is 0 Å². The number of nitrogens with one attached hydrogen (secondary N) is 1. The summed E-state index contributed by atoms with van der Waals surface area (Å²) >= 11 is 0. The summed E-state index contributed by atoms with van der Waals surface area (Å²) in [5.41, 5.74) is 2.82. The molecular weight excluding hydrogens is 256 g/mol. The highest BCUT2D eigenvalue weighted by molar-refractivity contribution is 5.38. The van der Waals surface area contributed by atoms with Crippen LogP contribution < -0.4 is 5.32 Å². The summed E-state index contributed by atoms with van der Waals surface area (Å²) in [6.45, 7) is 12.0. The van der Waals surface area contributed by atoms with Gasteiger partial charge in [-0.25, -0.2) is 4.98 Å². The molecule has 0 unspecified atom stereocenters. The van der Waals surface area contributed by atoms with Crippen LogP contribution in [0, 0.1) is 0 Å². The highest BCUT2D eigenvalue weighted by Gasteiger charge is 2.20. The highest BCUT2D eigenvalue weighted by Crippen LogP contribution is 2.24. The molecule has 0 bridgehead atoms. The number of aromatic nitrogens is 1. The third kappa shape index (κ3) is 4.07. The molecule has 0 aliphatic rings. The van der Waals surface area contributed by atoms with Crippen molar-refractivity contribution in [1.82, 2.24) is 4.98 Å². The highest BCUT2D eigenvalue weighted by atomic mass is 15.0. The van der Waals surface area contributed by atoms with Crippen molar-refractivity contribution >= 4 is 5.82 Å². The van der Waals surface area contributed by atoms with Crippen LogP contribution in [0.1, 0.15) is 45.7 Å². The van der Waals surface area contributed by atoms with Crippen molar-refractivity contribution in [3.05, 3.63) is 59.8 Å². The van der Waals surface area contributed by atoms with Crippen LogP contribution in [0.15, 0.2) is 48.7 Å². The molecule has 0 saturated carbocycles. The number of pyridine rings is 1. The molecule has 0 saturated heterocycles. The van der Waals surface area contributed by atoms with E-state index in [1.165, 1.54) is 11.1 Å². The number of rotatable bonds is 4. The molecule has 2 nitrogen and oxygen atoms in total. The van der Waals surface area contributed by atoms with Crippen LogP contribution >= 0.6 is 0 Å². The summed E-state index contributed by atoms with van der Waals surface area (Å²) in [4.78, 5) is 4.53. The van der Waals surface area contributed by atoms with Gasteiger partial charge in [0.05, 0.1) is 0 Å². The average Bonchev–Trinajstić information content (AvgIpc) is 2.46. The molecule has 21 heavy (non-hydrogen) atoms. The molecule has 2 rings (SSSR count). The Kier molecular flexibility index (Phi) is 4.36. The Morgan fingerprint density at radius 3 is 2.05 bits per heavy atom. The van der Waals surface area contributed by atoms with E-state index in [1.807, 2.05) is 6.20 Å². The van der Waals surface area contributed by atoms with E-state index in [-0.39, 0.29) is 10.8 Å². The van der Waals surface area contributed by atoms with E-state index < -0.39 is 0 Å². The summed E-state index contributed by atoms with van der Waals surface area (Å²) in [6, 6.07) is 14.8. The fourth-order valence-corrected chi connectivity index (χ4v) is 2.25. The zero-order valence-corrected chi connectivity index (χ0v) is 13.8. The molecule has 2 heteroatoms.